The van der Waals surface area contributed by atoms with Gasteiger partial charge in [-0.05, 0) is 49.9 Å². The second kappa shape index (κ2) is 11.2. The molecule has 1 atom stereocenters. The summed E-state index contributed by atoms with van der Waals surface area (Å²) in [7, 11) is 0. The third-order valence-electron chi connectivity index (χ3n) is 6.32. The summed E-state index contributed by atoms with van der Waals surface area (Å²) in [4.78, 5) is 23.9. The van der Waals surface area contributed by atoms with Gasteiger partial charge in [-0.25, -0.2) is 9.78 Å². The molecule has 1 saturated heterocycles. The number of rotatable bonds is 6. The molecule has 1 aromatic carbocycles. The number of carbonyl (C=O) groups excluding carboxylic acids is 1. The Morgan fingerprint density at radius 2 is 1.86 bits per heavy atom. The van der Waals surface area contributed by atoms with Gasteiger partial charge in [-0.15, -0.1) is 0 Å². The number of aromatic nitrogens is 2. The number of carbonyl (C=O) groups is 1. The molecule has 2 fully saturated rings. The minimum absolute atomic E-state index is 0.0325. The van der Waals surface area contributed by atoms with Crippen molar-refractivity contribution < 1.29 is 24.5 Å². The minimum Gasteiger partial charge on any atom is -0.471 e. The zero-order valence-corrected chi connectivity index (χ0v) is 20.4. The van der Waals surface area contributed by atoms with Gasteiger partial charge in [-0.3, -0.25) is 0 Å². The van der Waals surface area contributed by atoms with Crippen molar-refractivity contribution in [2.24, 2.45) is 0 Å². The van der Waals surface area contributed by atoms with E-state index in [1.54, 1.807) is 12.1 Å². The molecule has 1 aliphatic carbocycles. The predicted octanol–water partition coefficient (Wildman–Crippen LogP) is 2.34. The third kappa shape index (κ3) is 6.01. The van der Waals surface area contributed by atoms with Crippen molar-refractivity contribution in [1.82, 2.24) is 15.3 Å². The first-order valence-electron chi connectivity index (χ1n) is 12.4. The highest BCUT2D eigenvalue weighted by Crippen LogP contribution is 2.49. The first-order valence-corrected chi connectivity index (χ1v) is 12.4. The van der Waals surface area contributed by atoms with E-state index in [0.29, 0.717) is 30.6 Å². The monoisotopic (exact) mass is 485 g/mol. The molecule has 4 N–H and O–H groups in total. The molecule has 3 heterocycles. The second-order valence-electron chi connectivity index (χ2n) is 8.79. The molecule has 2 amide bonds. The number of benzene rings is 1. The number of aliphatic hydroxyl groups excluding tert-OH is 2. The first kappa shape index (κ1) is 25.2. The predicted molar refractivity (Wildman–Crippen MR) is 133 cm³/mol. The molecule has 10 nitrogen and oxygen atoms in total. The van der Waals surface area contributed by atoms with Gasteiger partial charge < -0.3 is 35.2 Å². The van der Waals surface area contributed by atoms with Crippen molar-refractivity contribution in [2.45, 2.75) is 51.2 Å². The minimum atomic E-state index is -0.989. The Hall–Kier alpha value is -2.95. The lowest BCUT2D eigenvalue weighted by Gasteiger charge is -2.33. The molecule has 1 spiro atoms. The Balaban J connectivity index is 0.00000141. The van der Waals surface area contributed by atoms with Gasteiger partial charge in [0.05, 0.1) is 31.5 Å². The Labute approximate surface area is 205 Å². The van der Waals surface area contributed by atoms with Crippen LogP contribution in [0.2, 0.25) is 0 Å². The van der Waals surface area contributed by atoms with Gasteiger partial charge in [0.15, 0.2) is 5.82 Å². The van der Waals surface area contributed by atoms with Crippen molar-refractivity contribution >= 4 is 17.5 Å². The van der Waals surface area contributed by atoms with Crippen molar-refractivity contribution in [3.8, 4) is 17.3 Å². The number of morpholine rings is 1. The van der Waals surface area contributed by atoms with Crippen molar-refractivity contribution in [2.75, 3.05) is 49.7 Å². The number of anilines is 2. The van der Waals surface area contributed by atoms with E-state index in [0.717, 1.165) is 55.7 Å². The maximum atomic E-state index is 12.0. The average molecular weight is 486 g/mol. The second-order valence-corrected chi connectivity index (χ2v) is 8.79. The molecule has 1 unspecified atom stereocenters. The van der Waals surface area contributed by atoms with E-state index in [-0.39, 0.29) is 12.1 Å². The quantitative estimate of drug-likeness (QED) is 0.491. The topological polar surface area (TPSA) is 129 Å². The third-order valence-corrected chi connectivity index (χ3v) is 6.32. The molecular formula is C25H35N5O5. The highest BCUT2D eigenvalue weighted by molar-refractivity contribution is 5.89. The van der Waals surface area contributed by atoms with E-state index >= 15 is 0 Å². The largest absolute Gasteiger partial charge is 0.471 e. The van der Waals surface area contributed by atoms with Crippen LogP contribution in [-0.4, -0.2) is 77.4 Å². The molecule has 190 valence electrons. The van der Waals surface area contributed by atoms with E-state index in [4.69, 9.17) is 24.5 Å². The number of fused-ring (bicyclic) bond motifs is 1. The summed E-state index contributed by atoms with van der Waals surface area (Å²) in [6, 6.07) is 6.81. The van der Waals surface area contributed by atoms with Gasteiger partial charge in [0.25, 0.3) is 0 Å². The fourth-order valence-corrected chi connectivity index (χ4v) is 4.17. The van der Waals surface area contributed by atoms with Crippen LogP contribution in [0, 0.1) is 0 Å². The lowest BCUT2D eigenvalue weighted by atomic mass is 10.0. The van der Waals surface area contributed by atoms with E-state index in [2.05, 4.69) is 15.5 Å². The molecule has 1 aromatic heterocycles. The molecule has 0 radical (unpaired) electrons. The smallest absolute Gasteiger partial charge is 0.319 e. The van der Waals surface area contributed by atoms with Crippen LogP contribution in [0.15, 0.2) is 24.3 Å². The molecule has 1 saturated carbocycles. The maximum absolute atomic E-state index is 12.0. The Morgan fingerprint density at radius 3 is 2.51 bits per heavy atom. The van der Waals surface area contributed by atoms with Gasteiger partial charge >= 0.3 is 6.03 Å². The Bertz CT molecular complexity index is 1010. The molecule has 2 aliphatic heterocycles. The van der Waals surface area contributed by atoms with Gasteiger partial charge in [-0.2, -0.15) is 4.98 Å². The Kier molecular flexibility index (Phi) is 8.04. The fraction of sp³-hybridized carbons (Fsp3) is 0.560. The average Bonchev–Trinajstić information content (AvgIpc) is 3.66. The van der Waals surface area contributed by atoms with Crippen molar-refractivity contribution in [3.63, 3.8) is 0 Å². The summed E-state index contributed by atoms with van der Waals surface area (Å²) in [6.07, 6.45) is 3.10. The molecule has 2 aromatic rings. The van der Waals surface area contributed by atoms with Gasteiger partial charge in [0.2, 0.25) is 5.88 Å². The number of hydrogen-bond acceptors (Lipinski definition) is 8. The van der Waals surface area contributed by atoms with E-state index in [1.807, 2.05) is 26.0 Å². The highest BCUT2D eigenvalue weighted by atomic mass is 16.5. The van der Waals surface area contributed by atoms with Crippen LogP contribution in [0.25, 0.3) is 11.4 Å². The summed E-state index contributed by atoms with van der Waals surface area (Å²) in [5, 5.41) is 23.4. The maximum Gasteiger partial charge on any atom is 0.319 e. The molecule has 10 heteroatoms. The van der Waals surface area contributed by atoms with Crippen LogP contribution < -0.4 is 20.3 Å². The summed E-state index contributed by atoms with van der Waals surface area (Å²) >= 11 is 0. The molecule has 0 bridgehead atoms. The van der Waals surface area contributed by atoms with Crippen molar-refractivity contribution in [1.29, 1.82) is 0 Å². The number of ether oxygens (including phenoxy) is 2. The molecule has 35 heavy (non-hydrogen) atoms. The van der Waals surface area contributed by atoms with Gasteiger partial charge in [0.1, 0.15) is 11.4 Å². The lowest BCUT2D eigenvalue weighted by molar-refractivity contribution is 0.0965. The lowest BCUT2D eigenvalue weighted by Crippen LogP contribution is -2.38. The van der Waals surface area contributed by atoms with Crippen LogP contribution in [0.1, 0.15) is 38.7 Å². The van der Waals surface area contributed by atoms with Gasteiger partial charge in [0, 0.05) is 30.9 Å². The van der Waals surface area contributed by atoms with E-state index in [1.165, 1.54) is 0 Å². The zero-order chi connectivity index (χ0) is 24.8. The number of hydrogen-bond donors (Lipinski definition) is 4. The summed E-state index contributed by atoms with van der Waals surface area (Å²) in [5.74, 6) is 2.21. The van der Waals surface area contributed by atoms with Gasteiger partial charge in [-0.1, -0.05) is 13.8 Å². The van der Waals surface area contributed by atoms with Crippen LogP contribution in [-0.2, 0) is 11.2 Å². The Morgan fingerprint density at radius 1 is 1.14 bits per heavy atom. The van der Waals surface area contributed by atoms with E-state index in [9.17, 15) is 9.90 Å². The highest BCUT2D eigenvalue weighted by Gasteiger charge is 2.48. The fourth-order valence-electron chi connectivity index (χ4n) is 4.17. The first-order chi connectivity index (χ1) is 17.0. The zero-order valence-electron chi connectivity index (χ0n) is 20.4. The standard InChI is InChI=1S/C23H29N5O5.C2H6/c29-14-17(30)13-24-22(31)25-16-3-1-15(2-4-16)19-26-20(28-9-11-32-12-10-28)18-5-6-23(7-8-23)33-21(18)27-19;1-2/h1-4,17,29-30H,5-14H2,(H2,24,25,31);1-2H3. The van der Waals surface area contributed by atoms with Crippen LogP contribution >= 0.6 is 0 Å². The van der Waals surface area contributed by atoms with E-state index < -0.39 is 18.7 Å². The van der Waals surface area contributed by atoms with Crippen LogP contribution in [0.3, 0.4) is 0 Å². The molecule has 5 rings (SSSR count). The number of aliphatic hydroxyl groups is 2. The van der Waals surface area contributed by atoms with Crippen molar-refractivity contribution in [3.05, 3.63) is 29.8 Å². The number of nitrogens with one attached hydrogen (secondary N) is 2. The molecular weight excluding hydrogens is 450 g/mol. The molecule has 3 aliphatic rings. The number of amides is 2. The van der Waals surface area contributed by atoms with Crippen LogP contribution in [0.4, 0.5) is 16.3 Å². The SMILES string of the molecule is CC.O=C(NCC(O)CO)Nc1ccc(-c2nc3c(c(N4CCOCC4)n2)CCC2(CC2)O3)cc1. The normalized spacial score (nSPS) is 18.5. The summed E-state index contributed by atoms with van der Waals surface area (Å²) in [5.41, 5.74) is 2.46. The van der Waals surface area contributed by atoms with Crippen LogP contribution in [0.5, 0.6) is 5.88 Å². The number of urea groups is 1. The summed E-state index contributed by atoms with van der Waals surface area (Å²) in [6.45, 7) is 6.49. The summed E-state index contributed by atoms with van der Waals surface area (Å²) < 4.78 is 11.9. The number of nitrogens with zero attached hydrogens (tertiary/aromatic N) is 3.